The summed E-state index contributed by atoms with van der Waals surface area (Å²) in [6.45, 7) is 4.35. The maximum Gasteiger partial charge on any atom is 0.0345 e. The molecule has 0 aliphatic carbocycles. The molecule has 2 aromatic rings. The van der Waals surface area contributed by atoms with Crippen molar-refractivity contribution in [3.63, 3.8) is 0 Å². The van der Waals surface area contributed by atoms with Crippen molar-refractivity contribution >= 4 is 45.2 Å². The third kappa shape index (κ3) is 2.27. The molecule has 0 unspecified atom stereocenters. The van der Waals surface area contributed by atoms with E-state index in [1.807, 2.05) is 0 Å². The number of halogens is 2. The van der Waals surface area contributed by atoms with Gasteiger partial charge in [-0.05, 0) is 87.3 Å². The zero-order valence-electron chi connectivity index (χ0n) is 9.22. The van der Waals surface area contributed by atoms with Gasteiger partial charge in [-0.3, -0.25) is 0 Å². The molecule has 0 saturated carbocycles. The lowest BCUT2D eigenvalue weighted by Gasteiger charge is -2.12. The van der Waals surface area contributed by atoms with Crippen molar-refractivity contribution in [3.8, 4) is 11.1 Å². The molecule has 0 N–H and O–H groups in total. The van der Waals surface area contributed by atoms with E-state index in [1.54, 1.807) is 0 Å². The van der Waals surface area contributed by atoms with Gasteiger partial charge in [0.2, 0.25) is 0 Å². The summed E-state index contributed by atoms with van der Waals surface area (Å²) < 4.78 is 2.68. The zero-order chi connectivity index (χ0) is 11.7. The van der Waals surface area contributed by atoms with E-state index < -0.39 is 0 Å². The molecule has 0 saturated heterocycles. The van der Waals surface area contributed by atoms with E-state index in [4.69, 9.17) is 0 Å². The Morgan fingerprint density at radius 1 is 0.812 bits per heavy atom. The van der Waals surface area contributed by atoms with Gasteiger partial charge in [0.1, 0.15) is 0 Å². The highest BCUT2D eigenvalue weighted by Crippen LogP contribution is 2.33. The minimum Gasteiger partial charge on any atom is -0.0620 e. The topological polar surface area (TPSA) is 0 Å². The van der Waals surface area contributed by atoms with Crippen LogP contribution in [0.2, 0.25) is 0 Å². The molecule has 0 nitrogen and oxygen atoms in total. The number of hydrogen-bond acceptors (Lipinski definition) is 0. The summed E-state index contributed by atoms with van der Waals surface area (Å²) in [6, 6.07) is 13.0. The van der Waals surface area contributed by atoms with Crippen LogP contribution in [0.1, 0.15) is 11.1 Å². The first-order chi connectivity index (χ1) is 7.61. The number of aryl methyl sites for hydroxylation is 2. The summed E-state index contributed by atoms with van der Waals surface area (Å²) in [4.78, 5) is 0. The van der Waals surface area contributed by atoms with E-state index in [0.29, 0.717) is 0 Å². The lowest BCUT2D eigenvalue weighted by atomic mass is 9.97. The maximum atomic E-state index is 2.44. The maximum absolute atomic E-state index is 2.44. The van der Waals surface area contributed by atoms with E-state index in [1.165, 1.54) is 29.4 Å². The molecule has 0 fully saturated rings. The highest BCUT2D eigenvalue weighted by atomic mass is 127. The van der Waals surface area contributed by atoms with E-state index in [9.17, 15) is 0 Å². The van der Waals surface area contributed by atoms with Gasteiger partial charge in [-0.2, -0.15) is 0 Å². The first-order valence-electron chi connectivity index (χ1n) is 5.12. The Hall–Kier alpha value is -0.1000. The molecule has 2 rings (SSSR count). The Labute approximate surface area is 124 Å². The Balaban J connectivity index is 2.74. The molecule has 16 heavy (non-hydrogen) atoms. The average Bonchev–Trinajstić information content (AvgIpc) is 2.27. The average molecular weight is 434 g/mol. The van der Waals surface area contributed by atoms with Crippen LogP contribution >= 0.6 is 45.2 Å². The fourth-order valence-corrected chi connectivity index (χ4v) is 3.18. The van der Waals surface area contributed by atoms with Crippen LogP contribution in [-0.4, -0.2) is 0 Å². The first kappa shape index (κ1) is 12.4. The lowest BCUT2D eigenvalue weighted by molar-refractivity contribution is 1.38. The molecule has 82 valence electrons. The van der Waals surface area contributed by atoms with Crippen LogP contribution in [0.4, 0.5) is 0 Å². The van der Waals surface area contributed by atoms with E-state index in [-0.39, 0.29) is 0 Å². The zero-order valence-corrected chi connectivity index (χ0v) is 13.5. The molecule has 0 bridgehead atoms. The lowest BCUT2D eigenvalue weighted by Crippen LogP contribution is -1.92. The van der Waals surface area contributed by atoms with Crippen molar-refractivity contribution in [2.75, 3.05) is 0 Å². The monoisotopic (exact) mass is 434 g/mol. The summed E-state index contributed by atoms with van der Waals surface area (Å²) in [5, 5.41) is 0. The third-order valence-corrected chi connectivity index (χ3v) is 5.77. The molecular formula is C14H12I2. The van der Waals surface area contributed by atoms with Gasteiger partial charge in [0.05, 0.1) is 0 Å². The largest absolute Gasteiger partial charge is 0.0620 e. The quantitative estimate of drug-likeness (QED) is 0.543. The standard InChI is InChI=1S/C14H12I2/c1-9-5-3-4-6-11(9)13-10(2)7-8-12(15)14(13)16/h3-8H,1-2H3. The van der Waals surface area contributed by atoms with Crippen molar-refractivity contribution < 1.29 is 0 Å². The summed E-state index contributed by atoms with van der Waals surface area (Å²) in [6.07, 6.45) is 0. The predicted molar refractivity (Wildman–Crippen MR) is 86.8 cm³/mol. The Kier molecular flexibility index (Phi) is 3.89. The second-order valence-electron chi connectivity index (χ2n) is 3.87. The van der Waals surface area contributed by atoms with Crippen LogP contribution in [0.5, 0.6) is 0 Å². The highest BCUT2D eigenvalue weighted by molar-refractivity contribution is 14.1. The molecule has 0 amide bonds. The van der Waals surface area contributed by atoms with E-state index in [2.05, 4.69) is 95.4 Å². The highest BCUT2D eigenvalue weighted by Gasteiger charge is 2.10. The van der Waals surface area contributed by atoms with Gasteiger partial charge in [-0.1, -0.05) is 30.3 Å². The second-order valence-corrected chi connectivity index (χ2v) is 6.11. The Morgan fingerprint density at radius 3 is 2.19 bits per heavy atom. The molecule has 0 heterocycles. The number of rotatable bonds is 1. The van der Waals surface area contributed by atoms with Gasteiger partial charge < -0.3 is 0 Å². The van der Waals surface area contributed by atoms with Gasteiger partial charge in [0.15, 0.2) is 0 Å². The minimum absolute atomic E-state index is 1.32. The van der Waals surface area contributed by atoms with Crippen LogP contribution in [0.3, 0.4) is 0 Å². The third-order valence-electron chi connectivity index (χ3n) is 2.72. The molecule has 0 atom stereocenters. The molecule has 0 aliphatic heterocycles. The smallest absolute Gasteiger partial charge is 0.0345 e. The molecule has 2 heteroatoms. The van der Waals surface area contributed by atoms with Gasteiger partial charge in [0, 0.05) is 7.14 Å². The summed E-state index contributed by atoms with van der Waals surface area (Å²) in [5.74, 6) is 0. The molecule has 0 aliphatic rings. The van der Waals surface area contributed by atoms with Crippen LogP contribution in [0.25, 0.3) is 11.1 Å². The van der Waals surface area contributed by atoms with Crippen molar-refractivity contribution in [2.24, 2.45) is 0 Å². The molecule has 0 radical (unpaired) electrons. The first-order valence-corrected chi connectivity index (χ1v) is 7.27. The van der Waals surface area contributed by atoms with Crippen molar-refractivity contribution in [1.82, 2.24) is 0 Å². The van der Waals surface area contributed by atoms with Crippen LogP contribution in [0.15, 0.2) is 36.4 Å². The minimum atomic E-state index is 1.32. The summed E-state index contributed by atoms with van der Waals surface area (Å²) in [5.41, 5.74) is 5.41. The number of benzene rings is 2. The van der Waals surface area contributed by atoms with Gasteiger partial charge in [-0.25, -0.2) is 0 Å². The molecule has 0 spiro atoms. The molecule has 2 aromatic carbocycles. The van der Waals surface area contributed by atoms with E-state index >= 15 is 0 Å². The fraction of sp³-hybridized carbons (Fsp3) is 0.143. The van der Waals surface area contributed by atoms with Crippen LogP contribution in [0, 0.1) is 21.0 Å². The predicted octanol–water partition coefficient (Wildman–Crippen LogP) is 5.18. The second kappa shape index (κ2) is 5.04. The Bertz CT molecular complexity index is 530. The number of hydrogen-bond donors (Lipinski definition) is 0. The van der Waals surface area contributed by atoms with Gasteiger partial charge in [0.25, 0.3) is 0 Å². The molecular weight excluding hydrogens is 422 g/mol. The summed E-state index contributed by atoms with van der Waals surface area (Å²) in [7, 11) is 0. The Morgan fingerprint density at radius 2 is 1.50 bits per heavy atom. The van der Waals surface area contributed by atoms with Gasteiger partial charge in [-0.15, -0.1) is 0 Å². The van der Waals surface area contributed by atoms with E-state index in [0.717, 1.165) is 0 Å². The van der Waals surface area contributed by atoms with Crippen molar-refractivity contribution in [2.45, 2.75) is 13.8 Å². The normalized spacial score (nSPS) is 10.5. The van der Waals surface area contributed by atoms with Gasteiger partial charge >= 0.3 is 0 Å². The van der Waals surface area contributed by atoms with Crippen LogP contribution < -0.4 is 0 Å². The van der Waals surface area contributed by atoms with Crippen molar-refractivity contribution in [1.29, 1.82) is 0 Å². The SMILES string of the molecule is Cc1ccccc1-c1c(C)ccc(I)c1I. The van der Waals surface area contributed by atoms with Crippen LogP contribution in [-0.2, 0) is 0 Å². The fourth-order valence-electron chi connectivity index (χ4n) is 1.83. The molecule has 0 aromatic heterocycles. The van der Waals surface area contributed by atoms with Crippen molar-refractivity contribution in [3.05, 3.63) is 54.7 Å². The summed E-state index contributed by atoms with van der Waals surface area (Å²) >= 11 is 4.84.